The largest absolute Gasteiger partial charge is 0.413 e. The lowest BCUT2D eigenvalue weighted by atomic mass is 9.81. The summed E-state index contributed by atoms with van der Waals surface area (Å²) in [6.07, 6.45) is 0.797. The molecule has 1 aromatic rings. The second kappa shape index (κ2) is 8.47. The number of amides is 1. The third kappa shape index (κ3) is 4.67. The second-order valence-electron chi connectivity index (χ2n) is 9.50. The minimum atomic E-state index is -1.93. The molecule has 2 saturated heterocycles. The molecule has 1 aromatic carbocycles. The molecular formula is C22H31IN2O2SSi. The van der Waals surface area contributed by atoms with Crippen LogP contribution >= 0.6 is 34.4 Å². The lowest BCUT2D eigenvalue weighted by Crippen LogP contribution is -2.68. The summed E-state index contributed by atoms with van der Waals surface area (Å²) >= 11 is 3.90. The Bertz CT molecular complexity index is 845. The van der Waals surface area contributed by atoms with Crippen molar-refractivity contribution in [1.29, 1.82) is 0 Å². The Morgan fingerprint density at radius 2 is 1.93 bits per heavy atom. The summed E-state index contributed by atoms with van der Waals surface area (Å²) in [5.41, 5.74) is 2.08. The molecule has 0 N–H and O–H groups in total. The predicted molar refractivity (Wildman–Crippen MR) is 134 cm³/mol. The van der Waals surface area contributed by atoms with E-state index in [1.54, 1.807) is 11.8 Å². The summed E-state index contributed by atoms with van der Waals surface area (Å²) in [5.74, 6) is 0.0478. The number of hydrogen-bond donors (Lipinski definition) is 0. The van der Waals surface area contributed by atoms with Crippen LogP contribution in [0.25, 0.3) is 0 Å². The van der Waals surface area contributed by atoms with Crippen molar-refractivity contribution < 1.29 is 9.22 Å². The summed E-state index contributed by atoms with van der Waals surface area (Å²) in [7, 11) is -1.93. The average Bonchev–Trinajstić information content (AvgIpc) is 2.61. The van der Waals surface area contributed by atoms with Crippen LogP contribution in [0, 0.1) is 12.8 Å². The predicted octanol–water partition coefficient (Wildman–Crippen LogP) is 6.63. The molecule has 2 fully saturated rings. The van der Waals surface area contributed by atoms with Crippen molar-refractivity contribution in [2.75, 3.05) is 0 Å². The number of hydrogen-bond acceptors (Lipinski definition) is 4. The monoisotopic (exact) mass is 542 g/mol. The zero-order valence-electron chi connectivity index (χ0n) is 18.3. The molecule has 0 radical (unpaired) electrons. The first-order valence-electron chi connectivity index (χ1n) is 10.1. The van der Waals surface area contributed by atoms with E-state index in [-0.39, 0.29) is 29.0 Å². The van der Waals surface area contributed by atoms with Crippen molar-refractivity contribution in [1.82, 2.24) is 4.90 Å². The van der Waals surface area contributed by atoms with Gasteiger partial charge in [-0.2, -0.15) is 0 Å². The third-order valence-electron chi connectivity index (χ3n) is 6.28. The number of aliphatic imine (C=N–C) groups is 1. The van der Waals surface area contributed by atoms with Gasteiger partial charge in [-0.1, -0.05) is 72.8 Å². The molecular weight excluding hydrogens is 511 g/mol. The number of nitrogens with zero attached hydrogens (tertiary/aromatic N) is 2. The molecule has 0 unspecified atom stereocenters. The van der Waals surface area contributed by atoms with Crippen molar-refractivity contribution in [3.05, 3.63) is 38.8 Å². The maximum Gasteiger partial charge on any atom is 0.236 e. The van der Waals surface area contributed by atoms with Gasteiger partial charge in [0.2, 0.25) is 5.91 Å². The van der Waals surface area contributed by atoms with Crippen LogP contribution in [0.5, 0.6) is 0 Å². The number of thioether (sulfide) groups is 1. The topological polar surface area (TPSA) is 41.9 Å². The highest BCUT2D eigenvalue weighted by molar-refractivity contribution is 14.1. The Balaban J connectivity index is 1.84. The van der Waals surface area contributed by atoms with Crippen molar-refractivity contribution in [2.24, 2.45) is 10.9 Å². The van der Waals surface area contributed by atoms with Gasteiger partial charge in [-0.25, -0.2) is 4.99 Å². The van der Waals surface area contributed by atoms with Crippen molar-refractivity contribution in [2.45, 2.75) is 71.3 Å². The number of carbonyl (C=O) groups is 1. The first kappa shape index (κ1) is 23.0. The molecule has 0 spiro atoms. The normalized spacial score (nSPS) is 26.5. The van der Waals surface area contributed by atoms with E-state index in [4.69, 9.17) is 9.42 Å². The molecule has 0 saturated carbocycles. The smallest absolute Gasteiger partial charge is 0.236 e. The Morgan fingerprint density at radius 3 is 2.48 bits per heavy atom. The highest BCUT2D eigenvalue weighted by Crippen LogP contribution is 2.47. The van der Waals surface area contributed by atoms with E-state index in [9.17, 15) is 4.79 Å². The van der Waals surface area contributed by atoms with Crippen molar-refractivity contribution in [3.63, 3.8) is 0 Å². The van der Waals surface area contributed by atoms with Crippen molar-refractivity contribution >= 4 is 59.4 Å². The molecule has 7 heteroatoms. The number of aryl methyl sites for hydroxylation is 1. The van der Waals surface area contributed by atoms with Crippen LogP contribution in [0.2, 0.25) is 18.1 Å². The van der Waals surface area contributed by atoms with E-state index in [1.807, 2.05) is 17.0 Å². The van der Waals surface area contributed by atoms with E-state index < -0.39 is 8.32 Å². The molecule has 0 aromatic heterocycles. The van der Waals surface area contributed by atoms with E-state index in [2.05, 4.69) is 86.5 Å². The fourth-order valence-electron chi connectivity index (χ4n) is 3.54. The average molecular weight is 543 g/mol. The van der Waals surface area contributed by atoms with Crippen LogP contribution < -0.4 is 0 Å². The highest BCUT2D eigenvalue weighted by Gasteiger charge is 2.56. The molecule has 2 heterocycles. The number of fused-ring (bicyclic) bond motifs is 1. The van der Waals surface area contributed by atoms with E-state index in [1.165, 1.54) is 10.5 Å². The molecule has 0 bridgehead atoms. The van der Waals surface area contributed by atoms with Gasteiger partial charge in [0.25, 0.3) is 0 Å². The Labute approximate surface area is 193 Å². The SMILES string of the molecule is Cc1ccc(N=C2S/C(=C/I)C[C@@H]3[C@@H]([C@@H](C)O[Si](C)(C)C(C)(C)C)C(=O)N23)cc1. The van der Waals surface area contributed by atoms with E-state index in [0.29, 0.717) is 0 Å². The fraction of sp³-hybridized carbons (Fsp3) is 0.545. The minimum absolute atomic E-state index is 0.0798. The lowest BCUT2D eigenvalue weighted by Gasteiger charge is -2.53. The number of amidine groups is 1. The number of carbonyl (C=O) groups excluding carboxylic acids is 1. The van der Waals surface area contributed by atoms with Gasteiger partial charge < -0.3 is 4.43 Å². The van der Waals surface area contributed by atoms with Gasteiger partial charge in [0.15, 0.2) is 13.5 Å². The first-order chi connectivity index (χ1) is 13.4. The van der Waals surface area contributed by atoms with E-state index >= 15 is 0 Å². The molecule has 29 heavy (non-hydrogen) atoms. The minimum Gasteiger partial charge on any atom is -0.413 e. The zero-order valence-corrected chi connectivity index (χ0v) is 22.3. The maximum atomic E-state index is 13.2. The van der Waals surface area contributed by atoms with Gasteiger partial charge in [0.1, 0.15) is 0 Å². The third-order valence-corrected chi connectivity index (χ3v) is 13.0. The summed E-state index contributed by atoms with van der Waals surface area (Å²) in [6, 6.07) is 8.24. The van der Waals surface area contributed by atoms with Gasteiger partial charge in [0.05, 0.1) is 23.8 Å². The van der Waals surface area contributed by atoms with Gasteiger partial charge in [-0.3, -0.25) is 9.69 Å². The first-order valence-corrected chi connectivity index (χ1v) is 15.0. The van der Waals surface area contributed by atoms with Crippen LogP contribution in [0.4, 0.5) is 5.69 Å². The number of halogens is 1. The molecule has 158 valence electrons. The molecule has 4 nitrogen and oxygen atoms in total. The van der Waals surface area contributed by atoms with E-state index in [0.717, 1.165) is 17.3 Å². The number of β-lactam (4-membered cyclic amide) rings is 1. The molecule has 3 rings (SSSR count). The Kier molecular flexibility index (Phi) is 6.73. The van der Waals surface area contributed by atoms with Crippen LogP contribution in [0.3, 0.4) is 0 Å². The summed E-state index contributed by atoms with van der Waals surface area (Å²) in [6.45, 7) is 15.4. The van der Waals surface area contributed by atoms with Crippen LogP contribution in [0.15, 0.2) is 38.2 Å². The maximum absolute atomic E-state index is 13.2. The second-order valence-corrected chi connectivity index (χ2v) is 16.0. The number of rotatable bonds is 4. The van der Waals surface area contributed by atoms with Gasteiger partial charge in [0, 0.05) is 11.3 Å². The van der Waals surface area contributed by atoms with Crippen LogP contribution in [-0.4, -0.2) is 36.4 Å². The highest BCUT2D eigenvalue weighted by atomic mass is 127. The zero-order chi connectivity index (χ0) is 21.6. The fourth-order valence-corrected chi connectivity index (χ4v) is 6.61. The molecule has 2 aliphatic rings. The van der Waals surface area contributed by atoms with Gasteiger partial charge >= 0.3 is 0 Å². The lowest BCUT2D eigenvalue weighted by molar-refractivity contribution is -0.154. The molecule has 3 atom stereocenters. The van der Waals surface area contributed by atoms with Crippen molar-refractivity contribution in [3.8, 4) is 0 Å². The Morgan fingerprint density at radius 1 is 1.31 bits per heavy atom. The summed E-state index contributed by atoms with van der Waals surface area (Å²) < 4.78 is 8.70. The standard InChI is InChI=1S/C22H31IN2O2SSi/c1-14-8-10-16(11-9-14)24-21-25-18(12-17(13-23)28-21)19(20(25)26)15(2)27-29(6,7)22(3,4)5/h8-11,13,15,18-19H,12H2,1-7H3/b17-13+,24-21?/t15-,18-,19-/m1/s1. The molecule has 1 amide bonds. The van der Waals surface area contributed by atoms with Gasteiger partial charge in [-0.15, -0.1) is 0 Å². The van der Waals surface area contributed by atoms with Crippen LogP contribution in [0.1, 0.15) is 39.7 Å². The molecule has 2 aliphatic heterocycles. The molecule has 0 aliphatic carbocycles. The summed E-state index contributed by atoms with van der Waals surface area (Å²) in [5, 5.41) is 0.912. The Hall–Kier alpha value is -0.643. The summed E-state index contributed by atoms with van der Waals surface area (Å²) in [4.78, 5) is 21.1. The number of benzene rings is 1. The quantitative estimate of drug-likeness (QED) is 0.244. The van der Waals surface area contributed by atoms with Gasteiger partial charge in [-0.05, 0) is 48.2 Å². The van der Waals surface area contributed by atoms with Crippen LogP contribution in [-0.2, 0) is 9.22 Å².